The van der Waals surface area contributed by atoms with Crippen LogP contribution in [0.4, 0.5) is 13.2 Å². The summed E-state index contributed by atoms with van der Waals surface area (Å²) >= 11 is 5.58. The van der Waals surface area contributed by atoms with Gasteiger partial charge in [-0.15, -0.1) is 0 Å². The highest BCUT2D eigenvalue weighted by molar-refractivity contribution is 7.92. The molecule has 0 fully saturated rings. The van der Waals surface area contributed by atoms with Crippen LogP contribution in [0.1, 0.15) is 17.7 Å². The van der Waals surface area contributed by atoms with Crippen LogP contribution in [0.15, 0.2) is 24.3 Å². The van der Waals surface area contributed by atoms with Gasteiger partial charge in [0.1, 0.15) is 0 Å². The molecule has 90 valence electrons. The number of halogens is 4. The second-order valence-electron chi connectivity index (χ2n) is 3.19. The standard InChI is InChI=1S/C9H8ClF3O2S/c1-6(16(14,15)9(11,12)13)7-3-2-4-8(10)5-7/h2-6H,1H3. The maximum atomic E-state index is 12.2. The van der Waals surface area contributed by atoms with E-state index < -0.39 is 20.6 Å². The number of benzene rings is 1. The van der Waals surface area contributed by atoms with Gasteiger partial charge in [-0.25, -0.2) is 8.42 Å². The van der Waals surface area contributed by atoms with Crippen LogP contribution in [0.3, 0.4) is 0 Å². The summed E-state index contributed by atoms with van der Waals surface area (Å²) in [5.41, 5.74) is -5.24. The van der Waals surface area contributed by atoms with Gasteiger partial charge in [0.15, 0.2) is 0 Å². The van der Waals surface area contributed by atoms with Gasteiger partial charge in [0.25, 0.3) is 9.84 Å². The minimum atomic E-state index is -5.26. The first-order chi connectivity index (χ1) is 7.16. The second-order valence-corrected chi connectivity index (χ2v) is 5.88. The zero-order valence-electron chi connectivity index (χ0n) is 8.12. The first kappa shape index (κ1) is 13.3. The Labute approximate surface area is 96.0 Å². The van der Waals surface area contributed by atoms with Gasteiger partial charge in [-0.1, -0.05) is 23.7 Å². The Bertz CT molecular complexity index is 482. The van der Waals surface area contributed by atoms with E-state index >= 15 is 0 Å². The minimum absolute atomic E-state index is 0.0184. The average molecular weight is 273 g/mol. The summed E-state index contributed by atoms with van der Waals surface area (Å²) in [6, 6.07) is 5.35. The Morgan fingerprint density at radius 2 is 1.88 bits per heavy atom. The Balaban J connectivity index is 3.18. The molecule has 0 N–H and O–H groups in total. The Hall–Kier alpha value is -0.750. The topological polar surface area (TPSA) is 34.1 Å². The van der Waals surface area contributed by atoms with Crippen LogP contribution in [-0.4, -0.2) is 13.9 Å². The molecule has 0 bridgehead atoms. The van der Waals surface area contributed by atoms with E-state index in [2.05, 4.69) is 0 Å². The summed E-state index contributed by atoms with van der Waals surface area (Å²) in [7, 11) is -5.20. The van der Waals surface area contributed by atoms with E-state index in [0.29, 0.717) is 0 Å². The highest BCUT2D eigenvalue weighted by Gasteiger charge is 2.49. The SMILES string of the molecule is CC(c1cccc(Cl)c1)S(=O)(=O)C(F)(F)F. The molecule has 0 aliphatic rings. The molecule has 0 aromatic heterocycles. The van der Waals surface area contributed by atoms with E-state index in [1.165, 1.54) is 24.3 Å². The van der Waals surface area contributed by atoms with Gasteiger partial charge in [0.2, 0.25) is 0 Å². The molecule has 0 saturated carbocycles. The van der Waals surface area contributed by atoms with Crippen molar-refractivity contribution in [1.82, 2.24) is 0 Å². The van der Waals surface area contributed by atoms with Gasteiger partial charge < -0.3 is 0 Å². The van der Waals surface area contributed by atoms with Crippen molar-refractivity contribution in [2.24, 2.45) is 0 Å². The van der Waals surface area contributed by atoms with Gasteiger partial charge in [-0.3, -0.25) is 0 Å². The molecule has 7 heteroatoms. The van der Waals surface area contributed by atoms with E-state index in [4.69, 9.17) is 11.6 Å². The molecule has 0 amide bonds. The van der Waals surface area contributed by atoms with Gasteiger partial charge in [-0.2, -0.15) is 13.2 Å². The van der Waals surface area contributed by atoms with Crippen molar-refractivity contribution in [3.63, 3.8) is 0 Å². The molecule has 0 aliphatic heterocycles. The zero-order chi connectivity index (χ0) is 12.6. The third kappa shape index (κ3) is 2.49. The van der Waals surface area contributed by atoms with Crippen LogP contribution >= 0.6 is 11.6 Å². The van der Waals surface area contributed by atoms with Crippen LogP contribution in [0.5, 0.6) is 0 Å². The van der Waals surface area contributed by atoms with Crippen LogP contribution < -0.4 is 0 Å². The van der Waals surface area contributed by atoms with Gasteiger partial charge in [0.05, 0.1) is 5.25 Å². The van der Waals surface area contributed by atoms with E-state index in [1.807, 2.05) is 0 Å². The molecule has 0 spiro atoms. The summed E-state index contributed by atoms with van der Waals surface area (Å²) in [5.74, 6) is 0. The summed E-state index contributed by atoms with van der Waals surface area (Å²) < 4.78 is 58.9. The van der Waals surface area contributed by atoms with Crippen molar-refractivity contribution in [1.29, 1.82) is 0 Å². The van der Waals surface area contributed by atoms with Crippen molar-refractivity contribution in [2.75, 3.05) is 0 Å². The normalized spacial score (nSPS) is 14.8. The average Bonchev–Trinajstić information content (AvgIpc) is 2.14. The molecular weight excluding hydrogens is 265 g/mol. The molecule has 0 saturated heterocycles. The molecule has 1 aromatic carbocycles. The summed E-state index contributed by atoms with van der Waals surface area (Å²) in [5, 5.41) is -1.46. The van der Waals surface area contributed by atoms with Crippen LogP contribution in [0, 0.1) is 0 Å². The Kier molecular flexibility index (Phi) is 3.54. The van der Waals surface area contributed by atoms with Gasteiger partial charge >= 0.3 is 5.51 Å². The number of sulfone groups is 1. The van der Waals surface area contributed by atoms with E-state index in [-0.39, 0.29) is 10.6 Å². The van der Waals surface area contributed by atoms with Gasteiger partial charge in [0, 0.05) is 5.02 Å². The molecule has 0 aliphatic carbocycles. The van der Waals surface area contributed by atoms with Crippen molar-refractivity contribution < 1.29 is 21.6 Å². The fourth-order valence-corrected chi connectivity index (χ4v) is 2.24. The summed E-state index contributed by atoms with van der Waals surface area (Å²) in [4.78, 5) is 0. The van der Waals surface area contributed by atoms with Crippen molar-refractivity contribution >= 4 is 21.4 Å². The maximum Gasteiger partial charge on any atom is 0.497 e. The zero-order valence-corrected chi connectivity index (χ0v) is 9.70. The van der Waals surface area contributed by atoms with Crippen LogP contribution in [-0.2, 0) is 9.84 Å². The predicted molar refractivity (Wildman–Crippen MR) is 54.8 cm³/mol. The number of alkyl halides is 3. The molecule has 16 heavy (non-hydrogen) atoms. The number of rotatable bonds is 2. The minimum Gasteiger partial charge on any atom is -0.219 e. The molecule has 1 unspecified atom stereocenters. The van der Waals surface area contributed by atoms with E-state index in [1.54, 1.807) is 0 Å². The van der Waals surface area contributed by atoms with E-state index in [9.17, 15) is 21.6 Å². The third-order valence-electron chi connectivity index (χ3n) is 2.11. The second kappa shape index (κ2) is 4.25. The lowest BCUT2D eigenvalue weighted by Crippen LogP contribution is -2.27. The molecule has 0 heterocycles. The lowest BCUT2D eigenvalue weighted by molar-refractivity contribution is -0.0443. The molecule has 1 aromatic rings. The highest BCUT2D eigenvalue weighted by atomic mass is 35.5. The van der Waals surface area contributed by atoms with Crippen molar-refractivity contribution in [3.05, 3.63) is 34.9 Å². The van der Waals surface area contributed by atoms with E-state index in [0.717, 1.165) is 6.92 Å². The largest absolute Gasteiger partial charge is 0.497 e. The molecule has 1 atom stereocenters. The summed E-state index contributed by atoms with van der Waals surface area (Å²) in [6.07, 6.45) is 0. The first-order valence-electron chi connectivity index (χ1n) is 4.22. The third-order valence-corrected chi connectivity index (χ3v) is 4.19. The smallest absolute Gasteiger partial charge is 0.219 e. The first-order valence-corrected chi connectivity index (χ1v) is 6.14. The fourth-order valence-electron chi connectivity index (χ4n) is 1.14. The molecule has 0 radical (unpaired) electrons. The molecule has 2 nitrogen and oxygen atoms in total. The monoisotopic (exact) mass is 272 g/mol. The number of hydrogen-bond acceptors (Lipinski definition) is 2. The molecule has 1 rings (SSSR count). The lowest BCUT2D eigenvalue weighted by Gasteiger charge is -2.15. The van der Waals surface area contributed by atoms with Crippen LogP contribution in [0.25, 0.3) is 0 Å². The Morgan fingerprint density at radius 3 is 2.31 bits per heavy atom. The Morgan fingerprint density at radius 1 is 1.31 bits per heavy atom. The quantitative estimate of drug-likeness (QED) is 0.827. The lowest BCUT2D eigenvalue weighted by atomic mass is 10.2. The summed E-state index contributed by atoms with van der Waals surface area (Å²) in [6.45, 7) is 0.981. The van der Waals surface area contributed by atoms with Crippen molar-refractivity contribution in [3.8, 4) is 0 Å². The maximum absolute atomic E-state index is 12.2. The van der Waals surface area contributed by atoms with Crippen molar-refractivity contribution in [2.45, 2.75) is 17.7 Å². The van der Waals surface area contributed by atoms with Gasteiger partial charge in [-0.05, 0) is 24.6 Å². The highest BCUT2D eigenvalue weighted by Crippen LogP contribution is 2.35. The molecular formula is C9H8ClF3O2S. The predicted octanol–water partition coefficient (Wildman–Crippen LogP) is 3.34. The fraction of sp³-hybridized carbons (Fsp3) is 0.333. The number of hydrogen-bond donors (Lipinski definition) is 0. The van der Waals surface area contributed by atoms with Crippen LogP contribution in [0.2, 0.25) is 5.02 Å².